The van der Waals surface area contributed by atoms with Crippen LogP contribution in [0.3, 0.4) is 0 Å². The molecular weight excluding hydrogens is 548 g/mol. The van der Waals surface area contributed by atoms with Gasteiger partial charge >= 0.3 is 6.09 Å². The zero-order valence-corrected chi connectivity index (χ0v) is 23.2. The maximum absolute atomic E-state index is 12.5. The third-order valence-electron chi connectivity index (χ3n) is 8.23. The van der Waals surface area contributed by atoms with E-state index in [0.29, 0.717) is 26.1 Å². The molecule has 2 aromatic rings. The highest BCUT2D eigenvalue weighted by Gasteiger charge is 2.48. The highest BCUT2D eigenvalue weighted by Crippen LogP contribution is 2.33. The van der Waals surface area contributed by atoms with Gasteiger partial charge in [0.25, 0.3) is 5.91 Å². The van der Waals surface area contributed by atoms with Crippen LogP contribution in [-0.2, 0) is 19.1 Å². The fraction of sp³-hybridized carbons (Fsp3) is 0.630. The second-order valence-corrected chi connectivity index (χ2v) is 11.4. The number of nitrogens with zero attached hydrogens (tertiary/aromatic N) is 6. The number of piperidine rings is 1. The first-order valence-electron chi connectivity index (χ1n) is 14.2. The van der Waals surface area contributed by atoms with Gasteiger partial charge in [-0.25, -0.2) is 19.7 Å². The molecule has 3 aliphatic heterocycles. The van der Waals surface area contributed by atoms with Gasteiger partial charge in [-0.1, -0.05) is 5.92 Å². The average molecular weight is 583 g/mol. The van der Waals surface area contributed by atoms with Crippen molar-refractivity contribution in [2.45, 2.75) is 62.7 Å². The topological polar surface area (TPSA) is 198 Å². The van der Waals surface area contributed by atoms with E-state index >= 15 is 0 Å². The molecule has 5 atom stereocenters. The Morgan fingerprint density at radius 2 is 1.95 bits per heavy atom. The van der Waals surface area contributed by atoms with Crippen LogP contribution >= 0.6 is 0 Å². The van der Waals surface area contributed by atoms with Crippen LogP contribution in [0.1, 0.15) is 44.2 Å². The zero-order chi connectivity index (χ0) is 29.5. The van der Waals surface area contributed by atoms with Crippen LogP contribution in [0.25, 0.3) is 11.2 Å². The number of likely N-dealkylation sites (tertiary alicyclic amines) is 2. The van der Waals surface area contributed by atoms with Crippen LogP contribution in [-0.4, -0.2) is 115 Å². The van der Waals surface area contributed by atoms with E-state index < -0.39 is 36.5 Å². The van der Waals surface area contributed by atoms with E-state index in [0.717, 1.165) is 25.7 Å². The van der Waals surface area contributed by atoms with E-state index in [9.17, 15) is 24.6 Å². The minimum atomic E-state index is -1.42. The van der Waals surface area contributed by atoms with E-state index in [1.807, 2.05) is 0 Å². The average Bonchev–Trinajstić information content (AvgIpc) is 3.62. The molecule has 2 unspecified atom stereocenters. The number of imidazole rings is 1. The van der Waals surface area contributed by atoms with Gasteiger partial charge in [0.1, 0.15) is 24.3 Å². The normalized spacial score (nSPS) is 27.9. The smallest absolute Gasteiger partial charge is 0.409 e. The van der Waals surface area contributed by atoms with E-state index in [1.54, 1.807) is 16.8 Å². The highest BCUT2D eigenvalue weighted by atomic mass is 16.6. The van der Waals surface area contributed by atoms with Crippen molar-refractivity contribution in [3.8, 4) is 11.8 Å². The minimum absolute atomic E-state index is 0.000459. The Balaban J connectivity index is 1.05. The first-order chi connectivity index (χ1) is 20.2. The van der Waals surface area contributed by atoms with Gasteiger partial charge in [-0.05, 0) is 37.5 Å². The molecule has 0 bridgehead atoms. The molecule has 42 heavy (non-hydrogen) atoms. The summed E-state index contributed by atoms with van der Waals surface area (Å²) < 4.78 is 12.5. The van der Waals surface area contributed by atoms with Crippen LogP contribution in [0, 0.1) is 23.7 Å². The van der Waals surface area contributed by atoms with E-state index in [2.05, 4.69) is 32.1 Å². The third kappa shape index (κ3) is 5.57. The summed E-state index contributed by atoms with van der Waals surface area (Å²) in [5.41, 5.74) is 6.65. The summed E-state index contributed by atoms with van der Waals surface area (Å²) in [5, 5.41) is 23.9. The van der Waals surface area contributed by atoms with E-state index in [4.69, 9.17) is 15.2 Å². The summed E-state index contributed by atoms with van der Waals surface area (Å²) in [6, 6.07) is 0.0775. The van der Waals surface area contributed by atoms with Crippen LogP contribution < -0.4 is 11.1 Å². The second kappa shape index (κ2) is 11.3. The van der Waals surface area contributed by atoms with Crippen molar-refractivity contribution in [2.75, 3.05) is 39.0 Å². The fourth-order valence-electron chi connectivity index (χ4n) is 5.48. The Morgan fingerprint density at radius 3 is 2.64 bits per heavy atom. The van der Waals surface area contributed by atoms with Gasteiger partial charge in [0.15, 0.2) is 23.8 Å². The first-order valence-corrected chi connectivity index (χ1v) is 14.2. The number of hydrogen-bond donors (Lipinski definition) is 4. The highest BCUT2D eigenvalue weighted by molar-refractivity contribution is 5.85. The number of rotatable bonds is 6. The number of ether oxygens (including phenoxy) is 2. The zero-order valence-electron chi connectivity index (χ0n) is 23.2. The maximum Gasteiger partial charge on any atom is 0.409 e. The van der Waals surface area contributed by atoms with Crippen molar-refractivity contribution in [3.05, 3.63) is 12.2 Å². The Bertz CT molecular complexity index is 1440. The molecule has 3 saturated heterocycles. The molecule has 15 nitrogen and oxygen atoms in total. The number of amides is 3. The van der Waals surface area contributed by atoms with Crippen LogP contribution in [0.2, 0.25) is 0 Å². The number of aromatic nitrogens is 4. The van der Waals surface area contributed by atoms with Crippen LogP contribution in [0.4, 0.5) is 10.6 Å². The molecule has 0 spiro atoms. The van der Waals surface area contributed by atoms with E-state index in [-0.39, 0.29) is 53.2 Å². The number of nitrogens with one attached hydrogen (secondary N) is 1. The van der Waals surface area contributed by atoms with E-state index in [1.165, 1.54) is 10.9 Å². The van der Waals surface area contributed by atoms with Gasteiger partial charge in [0.05, 0.1) is 12.2 Å². The molecule has 0 aromatic carbocycles. The van der Waals surface area contributed by atoms with Crippen molar-refractivity contribution in [1.82, 2.24) is 34.6 Å². The standard InChI is InChI=1S/C27H34N8O7/c1-33-11-15(25(33)39)12-41-27(40)34-9-7-14(8-10-34)3-2-4-17-31-22(28)18-23(32-17)35(13-29-18)26-20(37)19(36)21(42-26)24(38)30-16-5-6-16/h13-16,19-21,26,36-37H,3,5-12H2,1H3,(H,30,38)(H2,28,31,32)/t15?,19?,20-,21-,26+/m0/s1. The van der Waals surface area contributed by atoms with Gasteiger partial charge < -0.3 is 40.5 Å². The number of β-lactam (4-membered cyclic amide) rings is 1. The second-order valence-electron chi connectivity index (χ2n) is 11.4. The minimum Gasteiger partial charge on any atom is -0.448 e. The molecule has 5 N–H and O–H groups in total. The van der Waals surface area contributed by atoms with Crippen molar-refractivity contribution in [3.63, 3.8) is 0 Å². The lowest BCUT2D eigenvalue weighted by atomic mass is 9.94. The fourth-order valence-corrected chi connectivity index (χ4v) is 5.48. The number of nitrogen functional groups attached to an aromatic ring is 1. The number of nitrogens with two attached hydrogens (primary N) is 1. The lowest BCUT2D eigenvalue weighted by molar-refractivity contribution is -0.147. The van der Waals surface area contributed by atoms with Gasteiger partial charge in [0, 0.05) is 39.1 Å². The lowest BCUT2D eigenvalue weighted by Crippen LogP contribution is -2.52. The predicted molar refractivity (Wildman–Crippen MR) is 145 cm³/mol. The first kappa shape index (κ1) is 28.1. The van der Waals surface area contributed by atoms with Gasteiger partial charge in [-0.15, -0.1) is 0 Å². The number of aliphatic hydroxyl groups is 2. The molecule has 3 amide bonds. The number of aliphatic hydroxyl groups excluding tert-OH is 2. The van der Waals surface area contributed by atoms with Crippen molar-refractivity contribution < 1.29 is 34.1 Å². The number of hydrogen-bond acceptors (Lipinski definition) is 11. The Hall–Kier alpha value is -4.00. The van der Waals surface area contributed by atoms with Crippen LogP contribution in [0.15, 0.2) is 6.33 Å². The van der Waals surface area contributed by atoms with Crippen molar-refractivity contribution >= 4 is 34.9 Å². The quantitative estimate of drug-likeness (QED) is 0.240. The third-order valence-corrected chi connectivity index (χ3v) is 8.23. The summed E-state index contributed by atoms with van der Waals surface area (Å²) in [7, 11) is 1.72. The Labute approximate surface area is 241 Å². The molecule has 15 heteroatoms. The molecule has 6 rings (SSSR count). The summed E-state index contributed by atoms with van der Waals surface area (Å²) in [6.45, 7) is 1.82. The number of fused-ring (bicyclic) bond motifs is 1. The van der Waals surface area contributed by atoms with Crippen molar-refractivity contribution in [2.24, 2.45) is 11.8 Å². The summed E-state index contributed by atoms with van der Waals surface area (Å²) >= 11 is 0. The summed E-state index contributed by atoms with van der Waals surface area (Å²) in [5.74, 6) is 5.87. The summed E-state index contributed by atoms with van der Waals surface area (Å²) in [4.78, 5) is 52.7. The molecule has 1 saturated carbocycles. The van der Waals surface area contributed by atoms with Crippen molar-refractivity contribution in [1.29, 1.82) is 0 Å². The van der Waals surface area contributed by atoms with Gasteiger partial charge in [-0.3, -0.25) is 14.2 Å². The van der Waals surface area contributed by atoms with Gasteiger partial charge in [0.2, 0.25) is 11.7 Å². The number of carbonyl (C=O) groups is 3. The molecule has 4 fully saturated rings. The SMILES string of the molecule is CN1CC(COC(=O)N2CCC(CC#Cc3nc(N)c4ncn([C@@H]5O[C@H](C(=O)NC6CC6)C(O)[C@@H]5O)c4n3)CC2)C1=O. The predicted octanol–water partition coefficient (Wildman–Crippen LogP) is -1.02. The number of carbonyl (C=O) groups excluding carboxylic acids is 3. The molecule has 4 aliphatic rings. The molecule has 0 radical (unpaired) electrons. The molecule has 2 aromatic heterocycles. The van der Waals surface area contributed by atoms with Crippen LogP contribution in [0.5, 0.6) is 0 Å². The molecule has 224 valence electrons. The molecule has 5 heterocycles. The Kier molecular flexibility index (Phi) is 7.60. The monoisotopic (exact) mass is 582 g/mol. The maximum atomic E-state index is 12.5. The summed E-state index contributed by atoms with van der Waals surface area (Å²) in [6.07, 6.45) is -0.332. The Morgan fingerprint density at radius 1 is 1.19 bits per heavy atom. The molecule has 1 aliphatic carbocycles. The number of anilines is 1. The molecular formula is C27H34N8O7. The largest absolute Gasteiger partial charge is 0.448 e. The lowest BCUT2D eigenvalue weighted by Gasteiger charge is -2.36. The van der Waals surface area contributed by atoms with Gasteiger partial charge in [-0.2, -0.15) is 0 Å².